The summed E-state index contributed by atoms with van der Waals surface area (Å²) in [4.78, 5) is 67.0. The van der Waals surface area contributed by atoms with Crippen molar-refractivity contribution >= 4 is 29.8 Å². The van der Waals surface area contributed by atoms with E-state index in [-0.39, 0.29) is 6.42 Å². The Kier molecular flexibility index (Phi) is 12.1. The Balaban J connectivity index is 2.53. The van der Waals surface area contributed by atoms with Crippen LogP contribution >= 0.6 is 0 Å². The Bertz CT molecular complexity index is 1350. The highest BCUT2D eigenvalue weighted by Gasteiger charge is 2.37. The second-order valence-electron chi connectivity index (χ2n) is 12.9. The molecule has 3 atom stereocenters. The molecule has 11 heteroatoms. The van der Waals surface area contributed by atoms with Gasteiger partial charge in [0.25, 0.3) is 0 Å². The number of rotatable bonds is 11. The van der Waals surface area contributed by atoms with Gasteiger partial charge in [0, 0.05) is 13.5 Å². The van der Waals surface area contributed by atoms with E-state index in [2.05, 4.69) is 10.6 Å². The number of hydrogen-bond donors (Lipinski definition) is 3. The topological polar surface area (TPSA) is 157 Å². The van der Waals surface area contributed by atoms with Gasteiger partial charge in [-0.1, -0.05) is 54.1 Å². The lowest BCUT2D eigenvalue weighted by Crippen LogP contribution is -2.54. The molecular formula is C33H46N4O7. The van der Waals surface area contributed by atoms with Crippen molar-refractivity contribution in [1.29, 1.82) is 0 Å². The van der Waals surface area contributed by atoms with Gasteiger partial charge in [-0.15, -0.1) is 0 Å². The van der Waals surface area contributed by atoms with E-state index < -0.39 is 65.5 Å². The lowest BCUT2D eigenvalue weighted by atomic mass is 9.95. The molecule has 0 saturated carbocycles. The van der Waals surface area contributed by atoms with Crippen molar-refractivity contribution in [2.24, 2.45) is 5.73 Å². The monoisotopic (exact) mass is 610 g/mol. The van der Waals surface area contributed by atoms with Gasteiger partial charge >= 0.3 is 12.1 Å². The molecule has 0 spiro atoms. The molecule has 0 fully saturated rings. The largest absolute Gasteiger partial charge is 0.458 e. The first kappa shape index (κ1) is 35.8. The number of alkyl carbamates (subject to hydrolysis) is 1. The molecular weight excluding hydrogens is 564 g/mol. The number of carbonyl (C=O) groups excluding carboxylic acids is 5. The van der Waals surface area contributed by atoms with Gasteiger partial charge in [0.2, 0.25) is 17.7 Å². The van der Waals surface area contributed by atoms with Crippen molar-refractivity contribution in [3.05, 3.63) is 70.8 Å². The van der Waals surface area contributed by atoms with E-state index in [1.54, 1.807) is 54.5 Å². The van der Waals surface area contributed by atoms with Gasteiger partial charge in [-0.2, -0.15) is 0 Å². The normalized spacial score (nSPS) is 13.6. The highest BCUT2D eigenvalue weighted by molar-refractivity contribution is 5.95. The second-order valence-corrected chi connectivity index (χ2v) is 12.9. The van der Waals surface area contributed by atoms with Crippen LogP contribution in [0.1, 0.15) is 76.3 Å². The van der Waals surface area contributed by atoms with Crippen molar-refractivity contribution in [2.75, 3.05) is 7.05 Å². The SMILES string of the molecule is Cc1ccc(C)c(C(C(=O)NC(Cc2ccccc2)C(=O)OC(C)(C)C)N(C)C(=O)C(CC(N)=O)NC(=O)OC(C)(C)C)c1. The van der Waals surface area contributed by atoms with Crippen LogP contribution in [-0.4, -0.2) is 65.0 Å². The number of carbonyl (C=O) groups is 5. The standard InChI is InChI=1S/C33H46N4O7/c1-20-15-16-21(2)23(17-20)27(37(9)29(40)24(19-26(34)38)36-31(42)44-33(6,7)8)28(39)35-25(30(41)43-32(3,4)5)18-22-13-11-10-12-14-22/h10-17,24-25,27H,18-19H2,1-9H3,(H2,34,38)(H,35,39)(H,36,42). The highest BCUT2D eigenvalue weighted by Crippen LogP contribution is 2.26. The van der Waals surface area contributed by atoms with Crippen molar-refractivity contribution in [3.8, 4) is 0 Å². The molecule has 0 heterocycles. The van der Waals surface area contributed by atoms with Crippen LogP contribution < -0.4 is 16.4 Å². The summed E-state index contributed by atoms with van der Waals surface area (Å²) in [5.41, 5.74) is 6.56. The number of ether oxygens (including phenoxy) is 2. The summed E-state index contributed by atoms with van der Waals surface area (Å²) in [7, 11) is 1.39. The summed E-state index contributed by atoms with van der Waals surface area (Å²) in [6.45, 7) is 13.8. The fourth-order valence-electron chi connectivity index (χ4n) is 4.47. The first-order valence-electron chi connectivity index (χ1n) is 14.5. The first-order chi connectivity index (χ1) is 20.3. The number of primary amides is 1. The van der Waals surface area contributed by atoms with E-state index in [0.29, 0.717) is 11.1 Å². The highest BCUT2D eigenvalue weighted by atomic mass is 16.6. The first-order valence-corrected chi connectivity index (χ1v) is 14.5. The van der Waals surface area contributed by atoms with Crippen molar-refractivity contribution in [2.45, 2.75) is 97.6 Å². The summed E-state index contributed by atoms with van der Waals surface area (Å²) >= 11 is 0. The van der Waals surface area contributed by atoms with Crippen LogP contribution in [0, 0.1) is 13.8 Å². The average molecular weight is 611 g/mol. The summed E-state index contributed by atoms with van der Waals surface area (Å²) < 4.78 is 10.9. The maximum absolute atomic E-state index is 14.2. The zero-order chi connectivity index (χ0) is 33.4. The molecule has 2 rings (SSSR count). The molecule has 4 amide bonds. The minimum Gasteiger partial charge on any atom is -0.458 e. The number of likely N-dealkylation sites (N-methyl/N-ethyl adjacent to an activating group) is 1. The van der Waals surface area contributed by atoms with Crippen LogP contribution in [0.15, 0.2) is 48.5 Å². The Morgan fingerprint density at radius 3 is 1.98 bits per heavy atom. The van der Waals surface area contributed by atoms with E-state index in [4.69, 9.17) is 15.2 Å². The van der Waals surface area contributed by atoms with Crippen molar-refractivity contribution in [1.82, 2.24) is 15.5 Å². The zero-order valence-electron chi connectivity index (χ0n) is 27.1. The summed E-state index contributed by atoms with van der Waals surface area (Å²) in [6, 6.07) is 10.9. The zero-order valence-corrected chi connectivity index (χ0v) is 27.1. The molecule has 44 heavy (non-hydrogen) atoms. The molecule has 0 aromatic heterocycles. The minimum atomic E-state index is -1.42. The quantitative estimate of drug-likeness (QED) is 0.328. The predicted molar refractivity (Wildman–Crippen MR) is 166 cm³/mol. The lowest BCUT2D eigenvalue weighted by molar-refractivity contribution is -0.159. The third-order valence-corrected chi connectivity index (χ3v) is 6.40. The molecule has 11 nitrogen and oxygen atoms in total. The van der Waals surface area contributed by atoms with Crippen LogP contribution in [0.4, 0.5) is 4.79 Å². The smallest absolute Gasteiger partial charge is 0.408 e. The number of benzene rings is 2. The summed E-state index contributed by atoms with van der Waals surface area (Å²) in [5.74, 6) is -2.89. The van der Waals surface area contributed by atoms with E-state index in [1.807, 2.05) is 49.4 Å². The van der Waals surface area contributed by atoms with Gasteiger partial charge in [-0.25, -0.2) is 9.59 Å². The maximum Gasteiger partial charge on any atom is 0.408 e. The van der Waals surface area contributed by atoms with E-state index in [9.17, 15) is 24.0 Å². The Hall–Kier alpha value is -4.41. The Morgan fingerprint density at radius 2 is 1.43 bits per heavy atom. The van der Waals surface area contributed by atoms with Gasteiger partial charge in [-0.3, -0.25) is 14.4 Å². The lowest BCUT2D eigenvalue weighted by Gasteiger charge is -2.33. The van der Waals surface area contributed by atoms with E-state index in [0.717, 1.165) is 16.0 Å². The molecule has 3 unspecified atom stereocenters. The molecule has 0 bridgehead atoms. The fraction of sp³-hybridized carbons (Fsp3) is 0.485. The molecule has 0 radical (unpaired) electrons. The van der Waals surface area contributed by atoms with Crippen LogP contribution in [0.2, 0.25) is 0 Å². The minimum absolute atomic E-state index is 0.142. The number of nitrogens with one attached hydrogen (secondary N) is 2. The van der Waals surface area contributed by atoms with Gasteiger partial charge in [0.15, 0.2) is 0 Å². The maximum atomic E-state index is 14.2. The fourth-order valence-corrected chi connectivity index (χ4v) is 4.47. The third-order valence-electron chi connectivity index (χ3n) is 6.40. The number of hydrogen-bond acceptors (Lipinski definition) is 7. The van der Waals surface area contributed by atoms with Crippen LogP contribution in [0.5, 0.6) is 0 Å². The predicted octanol–water partition coefficient (Wildman–Crippen LogP) is 3.64. The van der Waals surface area contributed by atoms with Gasteiger partial charge < -0.3 is 30.7 Å². The Labute approximate surface area is 259 Å². The molecule has 2 aromatic rings. The van der Waals surface area contributed by atoms with E-state index >= 15 is 0 Å². The van der Waals surface area contributed by atoms with Crippen molar-refractivity contribution < 1.29 is 33.4 Å². The number of nitrogens with two attached hydrogens (primary N) is 1. The number of amides is 4. The summed E-state index contributed by atoms with van der Waals surface area (Å²) in [5, 5.41) is 5.22. The molecule has 240 valence electrons. The van der Waals surface area contributed by atoms with Crippen molar-refractivity contribution in [3.63, 3.8) is 0 Å². The van der Waals surface area contributed by atoms with Gasteiger partial charge in [-0.05, 0) is 72.1 Å². The molecule has 4 N–H and O–H groups in total. The van der Waals surface area contributed by atoms with Gasteiger partial charge in [0.05, 0.1) is 6.42 Å². The number of esters is 1. The van der Waals surface area contributed by atoms with Crippen LogP contribution in [-0.2, 0) is 35.1 Å². The molecule has 0 aliphatic rings. The Morgan fingerprint density at radius 1 is 0.841 bits per heavy atom. The third kappa shape index (κ3) is 11.3. The number of aryl methyl sites for hydroxylation is 2. The summed E-state index contributed by atoms with van der Waals surface area (Å²) in [6.07, 6.45) is -1.31. The average Bonchev–Trinajstić information content (AvgIpc) is 2.87. The van der Waals surface area contributed by atoms with Crippen LogP contribution in [0.3, 0.4) is 0 Å². The second kappa shape index (κ2) is 14.9. The molecule has 0 aliphatic carbocycles. The number of nitrogens with zero attached hydrogens (tertiary/aromatic N) is 1. The molecule has 0 saturated heterocycles. The molecule has 2 aromatic carbocycles. The molecule has 0 aliphatic heterocycles. The van der Waals surface area contributed by atoms with E-state index in [1.165, 1.54) is 7.05 Å². The van der Waals surface area contributed by atoms with Crippen LogP contribution in [0.25, 0.3) is 0 Å². The van der Waals surface area contributed by atoms with Gasteiger partial charge in [0.1, 0.15) is 29.3 Å².